The zero-order valence-corrected chi connectivity index (χ0v) is 15.3. The predicted molar refractivity (Wildman–Crippen MR) is 93.6 cm³/mol. The second-order valence-corrected chi connectivity index (χ2v) is 8.52. The standard InChI is InChI=1S/C20H30O5/c1-13-4-5-15-18(2,12-21)16(22)7-9-19(15,3)20(13,24)10-6-14-8-11-25-17(14)23/h8,15-16,21-22,24H,1,4-7,9-12H2,2-3H3/t15-,16-,18+,19-,20+/m1/s1. The number of hydrogen-bond acceptors (Lipinski definition) is 5. The average Bonchev–Trinajstić information content (AvgIpc) is 2.99. The number of esters is 1. The van der Waals surface area contributed by atoms with E-state index in [1.54, 1.807) is 6.08 Å². The Bertz CT molecular complexity index is 611. The lowest BCUT2D eigenvalue weighted by atomic mass is 9.44. The van der Waals surface area contributed by atoms with Crippen LogP contribution in [-0.2, 0) is 9.53 Å². The van der Waals surface area contributed by atoms with E-state index in [0.29, 0.717) is 44.3 Å². The van der Waals surface area contributed by atoms with Gasteiger partial charge >= 0.3 is 5.97 Å². The molecule has 25 heavy (non-hydrogen) atoms. The number of carbonyl (C=O) groups is 1. The lowest BCUT2D eigenvalue weighted by Crippen LogP contribution is -2.64. The molecule has 0 saturated heterocycles. The third kappa shape index (κ3) is 2.59. The summed E-state index contributed by atoms with van der Waals surface area (Å²) in [5.41, 5.74) is -0.812. The van der Waals surface area contributed by atoms with Gasteiger partial charge in [-0.1, -0.05) is 20.4 Å². The largest absolute Gasteiger partial charge is 0.458 e. The Labute approximate surface area is 149 Å². The van der Waals surface area contributed by atoms with Gasteiger partial charge in [0.1, 0.15) is 6.61 Å². The predicted octanol–water partition coefficient (Wildman–Crippen LogP) is 2.11. The maximum atomic E-state index is 11.7. The Hall–Kier alpha value is -1.17. The average molecular weight is 350 g/mol. The van der Waals surface area contributed by atoms with Crippen LogP contribution < -0.4 is 0 Å². The number of carbonyl (C=O) groups excluding carboxylic acids is 1. The smallest absolute Gasteiger partial charge is 0.334 e. The van der Waals surface area contributed by atoms with Crippen LogP contribution in [0.1, 0.15) is 52.4 Å². The van der Waals surface area contributed by atoms with E-state index in [1.165, 1.54) is 0 Å². The van der Waals surface area contributed by atoms with E-state index in [4.69, 9.17) is 4.74 Å². The monoisotopic (exact) mass is 350 g/mol. The second kappa shape index (κ2) is 6.22. The van der Waals surface area contributed by atoms with Crippen molar-refractivity contribution in [3.8, 4) is 0 Å². The molecule has 5 nitrogen and oxygen atoms in total. The van der Waals surface area contributed by atoms with Gasteiger partial charge in [-0.3, -0.25) is 0 Å². The Morgan fingerprint density at radius 1 is 1.36 bits per heavy atom. The topological polar surface area (TPSA) is 87.0 Å². The Balaban J connectivity index is 1.91. The molecule has 3 rings (SSSR count). The highest BCUT2D eigenvalue weighted by atomic mass is 16.5. The minimum absolute atomic E-state index is 0.00578. The van der Waals surface area contributed by atoms with E-state index in [0.717, 1.165) is 12.0 Å². The number of rotatable bonds is 4. The molecule has 0 spiro atoms. The third-order valence-corrected chi connectivity index (χ3v) is 7.43. The van der Waals surface area contributed by atoms with Gasteiger partial charge in [0.25, 0.3) is 0 Å². The summed E-state index contributed by atoms with van der Waals surface area (Å²) in [5, 5.41) is 32.2. The van der Waals surface area contributed by atoms with E-state index >= 15 is 0 Å². The molecule has 2 aliphatic carbocycles. The van der Waals surface area contributed by atoms with Crippen LogP contribution in [0.25, 0.3) is 0 Å². The van der Waals surface area contributed by atoms with Crippen molar-refractivity contribution in [2.75, 3.05) is 13.2 Å². The van der Waals surface area contributed by atoms with Crippen LogP contribution >= 0.6 is 0 Å². The van der Waals surface area contributed by atoms with Crippen LogP contribution in [0.3, 0.4) is 0 Å². The SMILES string of the molecule is C=C1CC[C@@H]2[C@](C)(CO)[C@H](O)CC[C@@]2(C)[C@]1(O)CCC1=CCOC1=O. The van der Waals surface area contributed by atoms with Crippen molar-refractivity contribution in [3.05, 3.63) is 23.8 Å². The van der Waals surface area contributed by atoms with Gasteiger partial charge in [-0.25, -0.2) is 4.79 Å². The van der Waals surface area contributed by atoms with Crippen molar-refractivity contribution in [2.45, 2.75) is 64.1 Å². The zero-order valence-electron chi connectivity index (χ0n) is 15.3. The second-order valence-electron chi connectivity index (χ2n) is 8.52. The Morgan fingerprint density at radius 3 is 2.68 bits per heavy atom. The summed E-state index contributed by atoms with van der Waals surface area (Å²) < 4.78 is 4.96. The van der Waals surface area contributed by atoms with Crippen molar-refractivity contribution in [3.63, 3.8) is 0 Å². The number of fused-ring (bicyclic) bond motifs is 1. The number of ether oxygens (including phenoxy) is 1. The minimum Gasteiger partial charge on any atom is -0.458 e. The summed E-state index contributed by atoms with van der Waals surface area (Å²) >= 11 is 0. The summed E-state index contributed by atoms with van der Waals surface area (Å²) in [7, 11) is 0. The first-order chi connectivity index (χ1) is 11.7. The molecule has 5 atom stereocenters. The van der Waals surface area contributed by atoms with Crippen LogP contribution in [0.2, 0.25) is 0 Å². The van der Waals surface area contributed by atoms with Crippen LogP contribution in [-0.4, -0.2) is 46.2 Å². The van der Waals surface area contributed by atoms with E-state index in [2.05, 4.69) is 13.5 Å². The lowest BCUT2D eigenvalue weighted by Gasteiger charge is -2.63. The molecule has 0 amide bonds. The highest BCUT2D eigenvalue weighted by Crippen LogP contribution is 2.63. The number of aliphatic hydroxyl groups is 3. The molecule has 0 bridgehead atoms. The van der Waals surface area contributed by atoms with Gasteiger partial charge in [-0.05, 0) is 56.1 Å². The molecule has 0 aromatic rings. The molecule has 1 heterocycles. The molecular formula is C20H30O5. The van der Waals surface area contributed by atoms with Gasteiger partial charge in [0.05, 0.1) is 18.3 Å². The quantitative estimate of drug-likeness (QED) is 0.534. The minimum atomic E-state index is -1.11. The summed E-state index contributed by atoms with van der Waals surface area (Å²) in [6, 6.07) is 0. The van der Waals surface area contributed by atoms with E-state index in [9.17, 15) is 20.1 Å². The van der Waals surface area contributed by atoms with Gasteiger partial charge < -0.3 is 20.1 Å². The van der Waals surface area contributed by atoms with Crippen LogP contribution in [0, 0.1) is 16.7 Å². The molecule has 2 fully saturated rings. The van der Waals surface area contributed by atoms with Crippen molar-refractivity contribution >= 4 is 5.97 Å². The first kappa shape index (κ1) is 18.6. The molecule has 140 valence electrons. The fourth-order valence-corrected chi connectivity index (χ4v) is 5.56. The van der Waals surface area contributed by atoms with Gasteiger partial charge in [-0.2, -0.15) is 0 Å². The molecule has 3 N–H and O–H groups in total. The Morgan fingerprint density at radius 2 is 2.08 bits per heavy atom. The number of cyclic esters (lactones) is 1. The van der Waals surface area contributed by atoms with Gasteiger partial charge in [0.15, 0.2) is 0 Å². The summed E-state index contributed by atoms with van der Waals surface area (Å²) in [5.74, 6) is -0.306. The molecule has 5 heteroatoms. The van der Waals surface area contributed by atoms with Crippen LogP contribution in [0.15, 0.2) is 23.8 Å². The Kier molecular flexibility index (Phi) is 4.63. The van der Waals surface area contributed by atoms with Crippen molar-refractivity contribution in [2.24, 2.45) is 16.7 Å². The first-order valence-corrected chi connectivity index (χ1v) is 9.25. The summed E-state index contributed by atoms with van der Waals surface area (Å²) in [6.07, 6.45) is 4.77. The number of aliphatic hydroxyl groups excluding tert-OH is 2. The maximum Gasteiger partial charge on any atom is 0.334 e. The van der Waals surface area contributed by atoms with Crippen molar-refractivity contribution in [1.29, 1.82) is 0 Å². The number of hydrogen-bond donors (Lipinski definition) is 3. The molecule has 1 aliphatic heterocycles. The van der Waals surface area contributed by atoms with Crippen LogP contribution in [0.4, 0.5) is 0 Å². The van der Waals surface area contributed by atoms with E-state index in [1.807, 2.05) is 6.92 Å². The third-order valence-electron chi connectivity index (χ3n) is 7.43. The highest BCUT2D eigenvalue weighted by molar-refractivity contribution is 5.90. The normalized spacial score (nSPS) is 44.3. The fourth-order valence-electron chi connectivity index (χ4n) is 5.56. The lowest BCUT2D eigenvalue weighted by molar-refractivity contribution is -0.203. The van der Waals surface area contributed by atoms with Gasteiger partial charge in [0, 0.05) is 16.4 Å². The molecule has 2 saturated carbocycles. The molecule has 0 unspecified atom stereocenters. The van der Waals surface area contributed by atoms with Crippen LogP contribution in [0.5, 0.6) is 0 Å². The van der Waals surface area contributed by atoms with E-state index in [-0.39, 0.29) is 18.5 Å². The summed E-state index contributed by atoms with van der Waals surface area (Å²) in [4.78, 5) is 11.7. The van der Waals surface area contributed by atoms with E-state index < -0.39 is 22.5 Å². The fraction of sp³-hybridized carbons (Fsp3) is 0.750. The maximum absolute atomic E-state index is 11.7. The molecular weight excluding hydrogens is 320 g/mol. The molecule has 0 aromatic heterocycles. The van der Waals surface area contributed by atoms with Gasteiger partial charge in [-0.15, -0.1) is 0 Å². The molecule has 3 aliphatic rings. The zero-order chi connectivity index (χ0) is 18.5. The van der Waals surface area contributed by atoms with Crippen molar-refractivity contribution < 1.29 is 24.9 Å². The molecule has 0 radical (unpaired) electrons. The van der Waals surface area contributed by atoms with Gasteiger partial charge in [0.2, 0.25) is 0 Å². The molecule has 0 aromatic carbocycles. The first-order valence-electron chi connectivity index (χ1n) is 9.25. The summed E-state index contributed by atoms with van der Waals surface area (Å²) in [6.45, 7) is 8.34. The van der Waals surface area contributed by atoms with Crippen molar-refractivity contribution in [1.82, 2.24) is 0 Å². The highest BCUT2D eigenvalue weighted by Gasteiger charge is 2.63.